The van der Waals surface area contributed by atoms with Gasteiger partial charge in [0.05, 0.1) is 0 Å². The second-order valence-corrected chi connectivity index (χ2v) is 1.28. The Bertz CT molecular complexity index is 222. The molecule has 0 aromatic rings. The van der Waals surface area contributed by atoms with E-state index in [2.05, 4.69) is 0 Å². The fourth-order valence-electron chi connectivity index (χ4n) is 0.249. The van der Waals surface area contributed by atoms with Crippen molar-refractivity contribution in [1.82, 2.24) is 0 Å². The molecule has 0 spiro atoms. The summed E-state index contributed by atoms with van der Waals surface area (Å²) in [6.45, 7) is 0. The Balaban J connectivity index is 0. The molecule has 0 heterocycles. The van der Waals surface area contributed by atoms with Crippen LogP contribution in [0.3, 0.4) is 0 Å². The van der Waals surface area contributed by atoms with Crippen molar-refractivity contribution in [2.75, 3.05) is 0 Å². The molecule has 0 amide bonds. The van der Waals surface area contributed by atoms with E-state index in [9.17, 15) is 8.78 Å². The van der Waals surface area contributed by atoms with Gasteiger partial charge in [-0.3, -0.25) is 0 Å². The van der Waals surface area contributed by atoms with Crippen LogP contribution in [-0.2, 0) is 0 Å². The number of allylic oxidation sites excluding steroid dienone is 2. The molecule has 0 rings (SSSR count). The van der Waals surface area contributed by atoms with E-state index < -0.39 is 17.8 Å². The molecule has 0 aliphatic heterocycles. The number of aliphatic hydroxyl groups is 1. The number of hydrogen-bond donors (Lipinski definition) is 1. The molecule has 0 aliphatic carbocycles. The van der Waals surface area contributed by atoms with E-state index in [1.54, 1.807) is 0 Å². The van der Waals surface area contributed by atoms with Gasteiger partial charge in [0.25, 0.3) is 6.43 Å². The predicted octanol–water partition coefficient (Wildman–Crippen LogP) is 0.462. The summed E-state index contributed by atoms with van der Waals surface area (Å²) < 4.78 is 22.9. The van der Waals surface area contributed by atoms with Gasteiger partial charge in [0.15, 0.2) is 11.3 Å². The molecule has 0 aromatic carbocycles. The van der Waals surface area contributed by atoms with E-state index >= 15 is 0 Å². The van der Waals surface area contributed by atoms with Crippen molar-refractivity contribution in [3.05, 3.63) is 11.3 Å². The molecule has 0 aromatic heterocycles. The quantitative estimate of drug-likeness (QED) is 0.351. The van der Waals surface area contributed by atoms with Crippen LogP contribution < -0.4 is 0 Å². The Morgan fingerprint density at radius 1 is 1.27 bits per heavy atom. The topological polar surface area (TPSA) is 67.8 Å². The molecule has 0 unspecified atom stereocenters. The fourth-order valence-corrected chi connectivity index (χ4v) is 0.249. The number of nitrogens with zero attached hydrogens (tertiary/aromatic N) is 2. The Morgan fingerprint density at radius 3 is 1.73 bits per heavy atom. The molecule has 0 atom stereocenters. The summed E-state index contributed by atoms with van der Waals surface area (Å²) in [4.78, 5) is 0. The molecule has 0 bridgehead atoms. The van der Waals surface area contributed by atoms with Crippen LogP contribution in [0.2, 0.25) is 0 Å². The molecule has 1 N–H and O–H groups in total. The van der Waals surface area contributed by atoms with Crippen molar-refractivity contribution in [2.45, 2.75) is 6.43 Å². The number of nitriles is 2. The second kappa shape index (κ2) is 6.11. The molecule has 54 valence electrons. The number of halogens is 2. The predicted molar refractivity (Wildman–Crippen MR) is 34.0 cm³/mol. The number of rotatable bonds is 1. The van der Waals surface area contributed by atoms with E-state index in [0.29, 0.717) is 0 Å². The first-order valence-corrected chi connectivity index (χ1v) is 2.15. The van der Waals surface area contributed by atoms with Crippen LogP contribution in [-0.4, -0.2) is 41.1 Å². The fraction of sp³-hybridized carbons (Fsp3) is 0.200. The van der Waals surface area contributed by atoms with Crippen molar-refractivity contribution < 1.29 is 13.9 Å². The van der Waals surface area contributed by atoms with E-state index in [1.165, 1.54) is 0 Å². The second-order valence-electron chi connectivity index (χ2n) is 1.28. The normalized spacial score (nSPS) is 7.36. The van der Waals surface area contributed by atoms with Crippen LogP contribution in [0.1, 0.15) is 0 Å². The van der Waals surface area contributed by atoms with E-state index in [4.69, 9.17) is 15.6 Å². The van der Waals surface area contributed by atoms with E-state index in [0.717, 1.165) is 12.1 Å². The van der Waals surface area contributed by atoms with Gasteiger partial charge in [0.1, 0.15) is 12.1 Å². The summed E-state index contributed by atoms with van der Waals surface area (Å²) in [5.74, 6) is -1.47. The zero-order valence-electron chi connectivity index (χ0n) is 4.67. The van der Waals surface area contributed by atoms with Gasteiger partial charge < -0.3 is 5.11 Å². The maximum absolute atomic E-state index is 11.4. The first kappa shape index (κ1) is 13.0. The molecular formula is C5H3F2N2NaO. The van der Waals surface area contributed by atoms with Gasteiger partial charge >= 0.3 is 29.6 Å². The number of hydrogen-bond acceptors (Lipinski definition) is 3. The minimum atomic E-state index is -3.16. The summed E-state index contributed by atoms with van der Waals surface area (Å²) >= 11 is 0. The SMILES string of the molecule is N#CC(C#N)=C(O)C(F)F.[NaH]. The maximum atomic E-state index is 11.4. The van der Waals surface area contributed by atoms with Gasteiger partial charge in [-0.2, -0.15) is 10.5 Å². The Labute approximate surface area is 83.8 Å². The van der Waals surface area contributed by atoms with Crippen molar-refractivity contribution in [3.63, 3.8) is 0 Å². The third kappa shape index (κ3) is 3.94. The van der Waals surface area contributed by atoms with Gasteiger partial charge in [0.2, 0.25) is 0 Å². The third-order valence-electron chi connectivity index (χ3n) is 0.686. The average molecular weight is 168 g/mol. The Morgan fingerprint density at radius 2 is 1.64 bits per heavy atom. The summed E-state index contributed by atoms with van der Waals surface area (Å²) in [6, 6.07) is 2.24. The van der Waals surface area contributed by atoms with Crippen molar-refractivity contribution in [3.8, 4) is 12.1 Å². The molecule has 0 saturated carbocycles. The number of alkyl halides is 2. The molecule has 11 heavy (non-hydrogen) atoms. The summed E-state index contributed by atoms with van der Waals surface area (Å²) in [6.07, 6.45) is -3.16. The molecule has 0 radical (unpaired) electrons. The van der Waals surface area contributed by atoms with Gasteiger partial charge in [0, 0.05) is 0 Å². The monoisotopic (exact) mass is 168 g/mol. The van der Waals surface area contributed by atoms with Gasteiger partial charge in [-0.25, -0.2) is 8.78 Å². The number of aliphatic hydroxyl groups excluding tert-OH is 1. The van der Waals surface area contributed by atoms with Crippen LogP contribution >= 0.6 is 0 Å². The summed E-state index contributed by atoms with van der Waals surface area (Å²) in [5.41, 5.74) is -0.949. The van der Waals surface area contributed by atoms with Gasteiger partial charge in [-0.1, -0.05) is 0 Å². The van der Waals surface area contributed by atoms with Gasteiger partial charge in [-0.05, 0) is 0 Å². The first-order chi connectivity index (χ1) is 4.63. The van der Waals surface area contributed by atoms with E-state index in [-0.39, 0.29) is 29.6 Å². The molecule has 3 nitrogen and oxygen atoms in total. The van der Waals surface area contributed by atoms with Crippen molar-refractivity contribution >= 4 is 29.6 Å². The molecule has 0 saturated heterocycles. The van der Waals surface area contributed by atoms with E-state index in [1.807, 2.05) is 0 Å². The standard InChI is InChI=1S/C5H2F2N2O.Na.H/c6-5(7)4(10)3(1-8)2-9;;/h5,10H;;. The van der Waals surface area contributed by atoms with Crippen LogP contribution in [0.4, 0.5) is 8.78 Å². The molecule has 0 fully saturated rings. The Kier molecular flexibility index (Phi) is 7.23. The molecule has 0 aliphatic rings. The van der Waals surface area contributed by atoms with Crippen LogP contribution in [0.5, 0.6) is 0 Å². The van der Waals surface area contributed by atoms with Crippen molar-refractivity contribution in [1.29, 1.82) is 10.5 Å². The third-order valence-corrected chi connectivity index (χ3v) is 0.686. The molecular weight excluding hydrogens is 165 g/mol. The summed E-state index contributed by atoms with van der Waals surface area (Å²) in [7, 11) is 0. The first-order valence-electron chi connectivity index (χ1n) is 2.15. The van der Waals surface area contributed by atoms with Crippen LogP contribution in [0, 0.1) is 22.7 Å². The van der Waals surface area contributed by atoms with Gasteiger partial charge in [-0.15, -0.1) is 0 Å². The zero-order valence-corrected chi connectivity index (χ0v) is 4.67. The average Bonchev–Trinajstić information content (AvgIpc) is 1.90. The van der Waals surface area contributed by atoms with Crippen LogP contribution in [0.15, 0.2) is 11.3 Å². The minimum absolute atomic E-state index is 0. The summed E-state index contributed by atoms with van der Waals surface area (Å²) in [5, 5.41) is 24.1. The Hall–Kier alpha value is -0.620. The van der Waals surface area contributed by atoms with Crippen LogP contribution in [0.25, 0.3) is 0 Å². The van der Waals surface area contributed by atoms with Crippen molar-refractivity contribution in [2.24, 2.45) is 0 Å². The molecule has 6 heteroatoms. The zero-order chi connectivity index (χ0) is 8.15.